The number of carbonyl (C=O) groups excluding carboxylic acids is 2. The normalized spacial score (nSPS) is 20.3. The fraction of sp³-hybridized carbons (Fsp3) is 0.488. The lowest BCUT2D eigenvalue weighted by atomic mass is 9.65. The van der Waals surface area contributed by atoms with Gasteiger partial charge in [-0.15, -0.1) is 0 Å². The van der Waals surface area contributed by atoms with Crippen LogP contribution in [0.4, 0.5) is 0 Å². The fourth-order valence-corrected chi connectivity index (χ4v) is 7.25. The van der Waals surface area contributed by atoms with Crippen LogP contribution in [-0.4, -0.2) is 82.7 Å². The average Bonchev–Trinajstić information content (AvgIpc) is 3.88. The van der Waals surface area contributed by atoms with Gasteiger partial charge in [0.1, 0.15) is 12.4 Å². The summed E-state index contributed by atoms with van der Waals surface area (Å²) in [6.07, 6.45) is 1.78. The lowest BCUT2D eigenvalue weighted by molar-refractivity contribution is -0.141. The summed E-state index contributed by atoms with van der Waals surface area (Å²) in [7, 11) is 4.67. The van der Waals surface area contributed by atoms with Gasteiger partial charge >= 0.3 is 0 Å². The Morgan fingerprint density at radius 3 is 2.24 bits per heavy atom. The minimum atomic E-state index is -0.793. The highest BCUT2D eigenvalue weighted by atomic mass is 16.7. The molecule has 13 nitrogen and oxygen atoms in total. The quantitative estimate of drug-likeness (QED) is 0.175. The minimum absolute atomic E-state index is 0.0948. The summed E-state index contributed by atoms with van der Waals surface area (Å²) in [6, 6.07) is 14.5. The number of phenols is 1. The van der Waals surface area contributed by atoms with E-state index < -0.39 is 22.9 Å². The van der Waals surface area contributed by atoms with Crippen molar-refractivity contribution in [2.75, 3.05) is 54.4 Å². The highest BCUT2D eigenvalue weighted by molar-refractivity contribution is 6.08. The van der Waals surface area contributed by atoms with Crippen LogP contribution in [0.2, 0.25) is 0 Å². The molecule has 13 heteroatoms. The van der Waals surface area contributed by atoms with Crippen LogP contribution < -0.4 is 34.3 Å². The predicted octanol–water partition coefficient (Wildman–Crippen LogP) is 5.34. The van der Waals surface area contributed by atoms with Crippen molar-refractivity contribution in [2.45, 2.75) is 58.5 Å². The summed E-state index contributed by atoms with van der Waals surface area (Å²) < 4.78 is 35.2. The molecule has 0 spiro atoms. The van der Waals surface area contributed by atoms with Gasteiger partial charge in [0.2, 0.25) is 24.4 Å². The van der Waals surface area contributed by atoms with Crippen molar-refractivity contribution in [2.24, 2.45) is 22.4 Å². The van der Waals surface area contributed by atoms with Gasteiger partial charge in [-0.05, 0) is 86.2 Å². The third-order valence-electron chi connectivity index (χ3n) is 11.2. The minimum Gasteiger partial charge on any atom is -0.508 e. The van der Waals surface area contributed by atoms with E-state index in [4.69, 9.17) is 33.3 Å². The molecule has 0 fully saturated rings. The number of hydrogen-bond donors (Lipinski definition) is 3. The molecule has 2 aliphatic heterocycles. The van der Waals surface area contributed by atoms with Gasteiger partial charge in [-0.25, -0.2) is 0 Å². The van der Waals surface area contributed by atoms with Gasteiger partial charge in [0.05, 0.1) is 56.5 Å². The predicted molar refractivity (Wildman–Crippen MR) is 201 cm³/mol. The van der Waals surface area contributed by atoms with E-state index in [0.717, 1.165) is 22.3 Å². The first kappa shape index (κ1) is 38.6. The molecule has 3 aliphatic rings. The summed E-state index contributed by atoms with van der Waals surface area (Å²) in [5.74, 6) is 0.950. The maximum absolute atomic E-state index is 14.7. The SMILES string of the molecule is CCC(C)(CNC(=O)C1C2CON=C2c2cc3c(cc2C1c1cc(OC)c(OC)c(OC)c1)OCO3)OCC(C)(CC)C(=O)NCCc1ccc(O)cc1. The number of ether oxygens (including phenoxy) is 6. The molecule has 6 rings (SSSR count). The Morgan fingerprint density at radius 2 is 1.61 bits per heavy atom. The summed E-state index contributed by atoms with van der Waals surface area (Å²) in [6.45, 7) is 8.95. The number of fused-ring (bicyclic) bond motifs is 4. The number of carbonyl (C=O) groups is 2. The van der Waals surface area contributed by atoms with Gasteiger partial charge < -0.3 is 49.0 Å². The van der Waals surface area contributed by atoms with Gasteiger partial charge in [0.15, 0.2) is 23.0 Å². The Balaban J connectivity index is 1.23. The molecule has 0 bridgehead atoms. The number of rotatable bonds is 16. The van der Waals surface area contributed by atoms with Crippen molar-refractivity contribution >= 4 is 17.5 Å². The molecule has 5 atom stereocenters. The zero-order valence-electron chi connectivity index (χ0n) is 32.1. The van der Waals surface area contributed by atoms with Crippen molar-refractivity contribution in [3.8, 4) is 34.5 Å². The van der Waals surface area contributed by atoms with Crippen LogP contribution in [0.15, 0.2) is 53.7 Å². The lowest BCUT2D eigenvalue weighted by Gasteiger charge is -2.38. The molecule has 2 amide bonds. The molecule has 3 N–H and O–H groups in total. The second-order valence-corrected chi connectivity index (χ2v) is 14.5. The smallest absolute Gasteiger partial charge is 0.231 e. The van der Waals surface area contributed by atoms with E-state index in [2.05, 4.69) is 15.8 Å². The lowest BCUT2D eigenvalue weighted by Crippen LogP contribution is -2.51. The average molecular weight is 746 g/mol. The maximum atomic E-state index is 14.7. The van der Waals surface area contributed by atoms with Gasteiger partial charge in [0.25, 0.3) is 0 Å². The van der Waals surface area contributed by atoms with Gasteiger partial charge in [-0.3, -0.25) is 9.59 Å². The number of nitrogens with one attached hydrogen (secondary N) is 2. The van der Waals surface area contributed by atoms with E-state index in [-0.39, 0.29) is 50.0 Å². The van der Waals surface area contributed by atoms with Crippen LogP contribution in [0, 0.1) is 17.3 Å². The summed E-state index contributed by atoms with van der Waals surface area (Å²) in [4.78, 5) is 33.8. The third-order valence-corrected chi connectivity index (χ3v) is 11.2. The first-order valence-corrected chi connectivity index (χ1v) is 18.4. The molecule has 0 radical (unpaired) electrons. The number of nitrogens with zero attached hydrogens (tertiary/aromatic N) is 1. The molecule has 290 valence electrons. The summed E-state index contributed by atoms with van der Waals surface area (Å²) >= 11 is 0. The zero-order chi connectivity index (χ0) is 38.6. The number of methoxy groups -OCH3 is 3. The van der Waals surface area contributed by atoms with Gasteiger partial charge in [-0.1, -0.05) is 31.1 Å². The van der Waals surface area contributed by atoms with Crippen molar-refractivity contribution in [1.82, 2.24) is 10.6 Å². The van der Waals surface area contributed by atoms with Crippen LogP contribution >= 0.6 is 0 Å². The van der Waals surface area contributed by atoms with Crippen LogP contribution in [0.3, 0.4) is 0 Å². The fourth-order valence-electron chi connectivity index (χ4n) is 7.25. The standard InChI is InChI=1S/C41H51N3O10/c1-8-40(3,39(47)42-15-14-24-10-12-26(45)13-11-24)22-53-41(4,9-2)21-43-38(46)35-29-20-54-44-36(29)28-19-31-30(51-23-52-31)18-27(28)34(35)25-16-32(48-5)37(50-7)33(17-25)49-6/h10-13,16-19,29,34-35,45H,8-9,14-15,20-23H2,1-7H3,(H,42,47)(H,43,46). The number of amides is 2. The molecule has 0 saturated heterocycles. The van der Waals surface area contributed by atoms with Crippen molar-refractivity contribution < 1.29 is 48.0 Å². The van der Waals surface area contributed by atoms with E-state index >= 15 is 0 Å². The van der Waals surface area contributed by atoms with E-state index in [1.165, 1.54) is 0 Å². The molecule has 0 aromatic heterocycles. The third kappa shape index (κ3) is 7.59. The Bertz CT molecular complexity index is 1860. The number of phenolic OH excluding ortho intramolecular Hbond substituents is 1. The number of oxime groups is 1. The molecular formula is C41H51N3O10. The first-order chi connectivity index (χ1) is 26.0. The number of aromatic hydroxyl groups is 1. The van der Waals surface area contributed by atoms with Gasteiger partial charge in [0, 0.05) is 24.6 Å². The highest BCUT2D eigenvalue weighted by Crippen LogP contribution is 2.52. The van der Waals surface area contributed by atoms with Crippen molar-refractivity contribution in [3.63, 3.8) is 0 Å². The monoisotopic (exact) mass is 745 g/mol. The Labute approximate surface area is 316 Å². The van der Waals surface area contributed by atoms with Gasteiger partial charge in [-0.2, -0.15) is 0 Å². The van der Waals surface area contributed by atoms with Crippen LogP contribution in [0.25, 0.3) is 0 Å². The molecule has 3 aromatic carbocycles. The summed E-state index contributed by atoms with van der Waals surface area (Å²) in [5, 5.41) is 20.3. The molecule has 3 aromatic rings. The number of hydrogen-bond acceptors (Lipinski definition) is 11. The summed E-state index contributed by atoms with van der Waals surface area (Å²) in [5.41, 5.74) is 2.56. The molecular weight excluding hydrogens is 694 g/mol. The Kier molecular flexibility index (Phi) is 11.5. The van der Waals surface area contributed by atoms with Crippen molar-refractivity contribution in [3.05, 3.63) is 70.8 Å². The number of benzene rings is 3. The highest BCUT2D eigenvalue weighted by Gasteiger charge is 2.49. The first-order valence-electron chi connectivity index (χ1n) is 18.4. The second kappa shape index (κ2) is 16.1. The van der Waals surface area contributed by atoms with Crippen LogP contribution in [-0.2, 0) is 25.6 Å². The van der Waals surface area contributed by atoms with E-state index in [0.29, 0.717) is 60.3 Å². The topological polar surface area (TPSA) is 155 Å². The molecule has 1 aliphatic carbocycles. The largest absolute Gasteiger partial charge is 0.508 e. The zero-order valence-corrected chi connectivity index (χ0v) is 32.1. The molecule has 2 heterocycles. The second-order valence-electron chi connectivity index (χ2n) is 14.5. The van der Waals surface area contributed by atoms with Crippen molar-refractivity contribution in [1.29, 1.82) is 0 Å². The molecule has 0 saturated carbocycles. The van der Waals surface area contributed by atoms with E-state index in [1.807, 2.05) is 64.1 Å². The maximum Gasteiger partial charge on any atom is 0.231 e. The van der Waals surface area contributed by atoms with Crippen LogP contribution in [0.5, 0.6) is 34.5 Å². The van der Waals surface area contributed by atoms with E-state index in [9.17, 15) is 14.7 Å². The molecule has 54 heavy (non-hydrogen) atoms. The Hall–Kier alpha value is -5.17. The Morgan fingerprint density at radius 1 is 0.926 bits per heavy atom. The van der Waals surface area contributed by atoms with E-state index in [1.54, 1.807) is 33.5 Å². The molecule has 5 unspecified atom stereocenters. The van der Waals surface area contributed by atoms with Crippen LogP contribution in [0.1, 0.15) is 68.7 Å².